The summed E-state index contributed by atoms with van der Waals surface area (Å²) in [4.78, 5) is 24.0. The highest BCUT2D eigenvalue weighted by atomic mass is 35.5. The van der Waals surface area contributed by atoms with Crippen molar-refractivity contribution in [1.29, 1.82) is 5.26 Å². The van der Waals surface area contributed by atoms with Crippen LogP contribution in [0.1, 0.15) is 48.2 Å². The van der Waals surface area contributed by atoms with Gasteiger partial charge in [-0.2, -0.15) is 5.26 Å². The number of halogens is 1. The van der Waals surface area contributed by atoms with Crippen molar-refractivity contribution in [2.24, 2.45) is 0 Å². The number of esters is 1. The Morgan fingerprint density at radius 1 is 1.24 bits per heavy atom. The highest BCUT2D eigenvalue weighted by Crippen LogP contribution is 2.28. The first-order chi connectivity index (χ1) is 14.0. The number of methoxy groups -OCH3 is 1. The van der Waals surface area contributed by atoms with Crippen molar-refractivity contribution in [3.63, 3.8) is 0 Å². The number of carbonyl (C=O) groups is 2. The van der Waals surface area contributed by atoms with Crippen LogP contribution in [0.5, 0.6) is 0 Å². The van der Waals surface area contributed by atoms with Gasteiger partial charge in [0.25, 0.3) is 5.91 Å². The number of furan rings is 1. The van der Waals surface area contributed by atoms with Gasteiger partial charge >= 0.3 is 5.97 Å². The van der Waals surface area contributed by atoms with Crippen LogP contribution >= 0.6 is 11.6 Å². The van der Waals surface area contributed by atoms with E-state index in [0.717, 1.165) is 25.7 Å². The lowest BCUT2D eigenvalue weighted by molar-refractivity contribution is -0.117. The predicted molar refractivity (Wildman–Crippen MR) is 109 cm³/mol. The van der Waals surface area contributed by atoms with E-state index in [1.807, 2.05) is 6.07 Å². The van der Waals surface area contributed by atoms with Crippen molar-refractivity contribution in [1.82, 2.24) is 5.32 Å². The first-order valence-corrected chi connectivity index (χ1v) is 9.80. The molecule has 7 heteroatoms. The zero-order valence-corrected chi connectivity index (χ0v) is 16.8. The molecule has 1 aromatic carbocycles. The molecular weight excluding hydrogens is 392 g/mol. The Labute approximate surface area is 174 Å². The van der Waals surface area contributed by atoms with Gasteiger partial charge in [-0.15, -0.1) is 0 Å². The molecule has 1 amide bonds. The number of hydrogen-bond acceptors (Lipinski definition) is 5. The molecule has 150 valence electrons. The zero-order valence-electron chi connectivity index (χ0n) is 16.0. The van der Waals surface area contributed by atoms with Gasteiger partial charge in [0.15, 0.2) is 0 Å². The highest BCUT2D eigenvalue weighted by molar-refractivity contribution is 6.33. The second kappa shape index (κ2) is 9.44. The lowest BCUT2D eigenvalue weighted by atomic mass is 9.95. The molecule has 1 aliphatic carbocycles. The van der Waals surface area contributed by atoms with Gasteiger partial charge in [0, 0.05) is 17.7 Å². The molecule has 29 heavy (non-hydrogen) atoms. The van der Waals surface area contributed by atoms with E-state index in [1.165, 1.54) is 19.6 Å². The fraction of sp³-hybridized carbons (Fsp3) is 0.318. The molecule has 0 radical (unpaired) electrons. The van der Waals surface area contributed by atoms with Crippen LogP contribution in [0.25, 0.3) is 17.4 Å². The molecule has 0 spiro atoms. The van der Waals surface area contributed by atoms with Crippen LogP contribution in [0.3, 0.4) is 0 Å². The first-order valence-electron chi connectivity index (χ1n) is 9.42. The minimum absolute atomic E-state index is 0.00412. The van der Waals surface area contributed by atoms with E-state index >= 15 is 0 Å². The quantitative estimate of drug-likeness (QED) is 0.435. The summed E-state index contributed by atoms with van der Waals surface area (Å²) in [6.07, 6.45) is 6.68. The summed E-state index contributed by atoms with van der Waals surface area (Å²) in [6.45, 7) is 0. The number of hydrogen-bond donors (Lipinski definition) is 1. The van der Waals surface area contributed by atoms with Crippen molar-refractivity contribution in [3.8, 4) is 17.4 Å². The summed E-state index contributed by atoms with van der Waals surface area (Å²) >= 11 is 6.15. The topological polar surface area (TPSA) is 92.3 Å². The molecule has 6 nitrogen and oxygen atoms in total. The molecule has 1 N–H and O–H groups in total. The Kier molecular flexibility index (Phi) is 6.73. The van der Waals surface area contributed by atoms with E-state index in [1.54, 1.807) is 30.3 Å². The SMILES string of the molecule is COC(=O)c1ccc(-c2ccc(/C=C(\C#N)C(=O)NC3CCCCC3)o2)cc1Cl. The van der Waals surface area contributed by atoms with Crippen molar-refractivity contribution in [3.05, 3.63) is 52.3 Å². The first kappa shape index (κ1) is 20.7. The molecule has 1 saturated carbocycles. The fourth-order valence-electron chi connectivity index (χ4n) is 3.33. The Morgan fingerprint density at radius 3 is 2.66 bits per heavy atom. The smallest absolute Gasteiger partial charge is 0.339 e. The Bertz CT molecular complexity index is 981. The van der Waals surface area contributed by atoms with Gasteiger partial charge < -0.3 is 14.5 Å². The Morgan fingerprint density at radius 2 is 2.00 bits per heavy atom. The number of amides is 1. The number of benzene rings is 1. The standard InChI is InChI=1S/C22H21ClN2O4/c1-28-22(27)18-9-7-14(12-19(18)23)20-10-8-17(29-20)11-15(13-24)21(26)25-16-5-3-2-4-6-16/h7-12,16H,2-6H2,1H3,(H,25,26)/b15-11+. The normalized spacial score (nSPS) is 14.9. The lowest BCUT2D eigenvalue weighted by Gasteiger charge is -2.22. The minimum Gasteiger partial charge on any atom is -0.465 e. The van der Waals surface area contributed by atoms with Crippen LogP contribution in [0.2, 0.25) is 5.02 Å². The van der Waals surface area contributed by atoms with E-state index < -0.39 is 5.97 Å². The van der Waals surface area contributed by atoms with Gasteiger partial charge in [-0.25, -0.2) is 4.79 Å². The maximum Gasteiger partial charge on any atom is 0.339 e. The summed E-state index contributed by atoms with van der Waals surface area (Å²) < 4.78 is 10.4. The lowest BCUT2D eigenvalue weighted by Crippen LogP contribution is -2.36. The molecule has 2 aromatic rings. The van der Waals surface area contributed by atoms with Crippen molar-refractivity contribution in [2.45, 2.75) is 38.1 Å². The summed E-state index contributed by atoms with van der Waals surface area (Å²) in [5, 5.41) is 12.5. The highest BCUT2D eigenvalue weighted by Gasteiger charge is 2.19. The molecule has 1 fully saturated rings. The maximum atomic E-state index is 12.4. The zero-order chi connectivity index (χ0) is 20.8. The molecule has 0 saturated heterocycles. The third-order valence-electron chi connectivity index (χ3n) is 4.88. The van der Waals surface area contributed by atoms with E-state index in [0.29, 0.717) is 17.1 Å². The number of ether oxygens (including phenoxy) is 1. The average molecular weight is 413 g/mol. The number of nitrogens with zero attached hydrogens (tertiary/aromatic N) is 1. The molecule has 1 aromatic heterocycles. The molecule has 0 atom stereocenters. The largest absolute Gasteiger partial charge is 0.465 e. The third kappa shape index (κ3) is 5.07. The van der Waals surface area contributed by atoms with Crippen LogP contribution in [-0.4, -0.2) is 25.0 Å². The number of nitrogens with one attached hydrogen (secondary N) is 1. The number of nitriles is 1. The number of carbonyl (C=O) groups excluding carboxylic acids is 2. The Hall–Kier alpha value is -3.04. The summed E-state index contributed by atoms with van der Waals surface area (Å²) in [6, 6.07) is 10.3. The van der Waals surface area contributed by atoms with Crippen LogP contribution in [-0.2, 0) is 9.53 Å². The van der Waals surface area contributed by atoms with E-state index in [9.17, 15) is 14.9 Å². The fourth-order valence-corrected chi connectivity index (χ4v) is 3.59. The molecular formula is C22H21ClN2O4. The molecule has 1 heterocycles. The minimum atomic E-state index is -0.521. The van der Waals surface area contributed by atoms with E-state index in [-0.39, 0.29) is 28.1 Å². The number of rotatable bonds is 5. The molecule has 3 rings (SSSR count). The van der Waals surface area contributed by atoms with E-state index in [2.05, 4.69) is 10.1 Å². The van der Waals surface area contributed by atoms with Crippen molar-refractivity contribution < 1.29 is 18.7 Å². The van der Waals surface area contributed by atoms with Crippen LogP contribution in [0.15, 0.2) is 40.3 Å². The molecule has 0 aliphatic heterocycles. The summed E-state index contributed by atoms with van der Waals surface area (Å²) in [5.41, 5.74) is 0.916. The van der Waals surface area contributed by atoms with Crippen molar-refractivity contribution in [2.75, 3.05) is 7.11 Å². The van der Waals surface area contributed by atoms with Crippen LogP contribution < -0.4 is 5.32 Å². The maximum absolute atomic E-state index is 12.4. The molecule has 0 unspecified atom stereocenters. The molecule has 0 bridgehead atoms. The van der Waals surface area contributed by atoms with Gasteiger partial charge in [-0.05, 0) is 37.1 Å². The van der Waals surface area contributed by atoms with Crippen LogP contribution in [0, 0.1) is 11.3 Å². The predicted octanol–water partition coefficient (Wildman–Crippen LogP) is 4.74. The van der Waals surface area contributed by atoms with E-state index in [4.69, 9.17) is 16.0 Å². The summed E-state index contributed by atoms with van der Waals surface area (Å²) in [5.74, 6) is -0.0295. The van der Waals surface area contributed by atoms with Crippen LogP contribution in [0.4, 0.5) is 0 Å². The van der Waals surface area contributed by atoms with Gasteiger partial charge in [-0.3, -0.25) is 4.79 Å². The van der Waals surface area contributed by atoms with Crippen molar-refractivity contribution >= 4 is 29.6 Å². The Balaban J connectivity index is 1.76. The summed E-state index contributed by atoms with van der Waals surface area (Å²) in [7, 11) is 1.29. The monoisotopic (exact) mass is 412 g/mol. The second-order valence-electron chi connectivity index (χ2n) is 6.87. The van der Waals surface area contributed by atoms with Gasteiger partial charge in [-0.1, -0.05) is 36.9 Å². The second-order valence-corrected chi connectivity index (χ2v) is 7.27. The molecule has 1 aliphatic rings. The third-order valence-corrected chi connectivity index (χ3v) is 5.19. The van der Waals surface area contributed by atoms with Gasteiger partial charge in [0.1, 0.15) is 23.2 Å². The van der Waals surface area contributed by atoms with Gasteiger partial charge in [0.05, 0.1) is 17.7 Å². The average Bonchev–Trinajstić information content (AvgIpc) is 3.20. The van der Waals surface area contributed by atoms with Gasteiger partial charge in [0.2, 0.25) is 0 Å².